The number of carbonyl (C=O) groups excluding carboxylic acids is 1. The number of aryl methyl sites for hydroxylation is 1. The maximum atomic E-state index is 12.5. The van der Waals surface area contributed by atoms with Gasteiger partial charge < -0.3 is 5.32 Å². The minimum absolute atomic E-state index is 0.0491. The van der Waals surface area contributed by atoms with Crippen LogP contribution < -0.4 is 10.2 Å². The minimum Gasteiger partial charge on any atom is -0.328 e. The highest BCUT2D eigenvalue weighted by Crippen LogP contribution is 2.25. The number of anilines is 1. The summed E-state index contributed by atoms with van der Waals surface area (Å²) in [6.07, 6.45) is 5.92. The smallest absolute Gasteiger partial charge is 0.280 e. The normalized spacial score (nSPS) is 16.9. The second kappa shape index (κ2) is 6.66. The Morgan fingerprint density at radius 1 is 1.30 bits per heavy atom. The van der Waals surface area contributed by atoms with Gasteiger partial charge in [0, 0.05) is 0 Å². The lowest BCUT2D eigenvalue weighted by Crippen LogP contribution is -2.31. The molecule has 1 fully saturated rings. The van der Waals surface area contributed by atoms with E-state index in [0.29, 0.717) is 10.8 Å². The van der Waals surface area contributed by atoms with Crippen molar-refractivity contribution in [3.05, 3.63) is 41.6 Å². The zero-order valence-electron chi connectivity index (χ0n) is 12.0. The van der Waals surface area contributed by atoms with Gasteiger partial charge in [0.1, 0.15) is 5.70 Å². The highest BCUT2D eigenvalue weighted by molar-refractivity contribution is 7.80. The molecule has 2 rings (SSSR count). The van der Waals surface area contributed by atoms with Gasteiger partial charge in [-0.15, -0.1) is 0 Å². The Morgan fingerprint density at radius 2 is 2.05 bits per heavy atom. The van der Waals surface area contributed by atoms with Crippen LogP contribution in [0.25, 0.3) is 0 Å². The number of para-hydroxylation sites is 1. The van der Waals surface area contributed by atoms with E-state index in [1.807, 2.05) is 30.3 Å². The molecule has 4 heteroatoms. The van der Waals surface area contributed by atoms with E-state index in [0.717, 1.165) is 36.9 Å². The highest BCUT2D eigenvalue weighted by Gasteiger charge is 2.32. The molecule has 1 aromatic rings. The number of rotatable bonds is 5. The molecule has 0 radical (unpaired) electrons. The van der Waals surface area contributed by atoms with Crippen LogP contribution in [-0.2, 0) is 11.2 Å². The lowest BCUT2D eigenvalue weighted by Gasteiger charge is -2.17. The Hall–Kier alpha value is -1.68. The maximum Gasteiger partial charge on any atom is 0.280 e. The van der Waals surface area contributed by atoms with Crippen molar-refractivity contribution in [3.63, 3.8) is 0 Å². The van der Waals surface area contributed by atoms with Gasteiger partial charge in [0.05, 0.1) is 5.69 Å². The topological polar surface area (TPSA) is 32.3 Å². The second-order valence-corrected chi connectivity index (χ2v) is 5.20. The summed E-state index contributed by atoms with van der Waals surface area (Å²) >= 11 is 5.32. The van der Waals surface area contributed by atoms with Crippen LogP contribution in [0, 0.1) is 0 Å². The first-order valence-electron chi connectivity index (χ1n) is 7.12. The third-order valence-corrected chi connectivity index (χ3v) is 3.68. The van der Waals surface area contributed by atoms with E-state index in [1.54, 1.807) is 4.90 Å². The fourth-order valence-corrected chi connectivity index (χ4v) is 2.56. The molecule has 0 atom stereocenters. The van der Waals surface area contributed by atoms with Crippen LogP contribution in [0.5, 0.6) is 0 Å². The van der Waals surface area contributed by atoms with Gasteiger partial charge in [-0.2, -0.15) is 0 Å². The van der Waals surface area contributed by atoms with Gasteiger partial charge in [-0.1, -0.05) is 44.5 Å². The number of amides is 1. The van der Waals surface area contributed by atoms with E-state index < -0.39 is 0 Å². The van der Waals surface area contributed by atoms with Crippen LogP contribution >= 0.6 is 12.2 Å². The molecule has 1 amide bonds. The second-order valence-electron chi connectivity index (χ2n) is 4.81. The summed E-state index contributed by atoms with van der Waals surface area (Å²) in [6.45, 7) is 4.21. The molecule has 1 N–H and O–H groups in total. The van der Waals surface area contributed by atoms with Crippen LogP contribution in [0.2, 0.25) is 0 Å². The van der Waals surface area contributed by atoms with Crippen molar-refractivity contribution < 1.29 is 4.79 Å². The zero-order valence-corrected chi connectivity index (χ0v) is 12.8. The predicted octanol–water partition coefficient (Wildman–Crippen LogP) is 3.54. The lowest BCUT2D eigenvalue weighted by atomic mass is 10.1. The Kier molecular flexibility index (Phi) is 4.90. The minimum atomic E-state index is -0.0491. The number of nitrogens with zero attached hydrogens (tertiary/aromatic N) is 1. The van der Waals surface area contributed by atoms with Gasteiger partial charge in [0.25, 0.3) is 5.91 Å². The molecule has 0 saturated carbocycles. The van der Waals surface area contributed by atoms with E-state index in [-0.39, 0.29) is 5.91 Å². The average molecular weight is 288 g/mol. The summed E-state index contributed by atoms with van der Waals surface area (Å²) in [5.41, 5.74) is 2.62. The third kappa shape index (κ3) is 2.90. The summed E-state index contributed by atoms with van der Waals surface area (Å²) in [7, 11) is 0. The van der Waals surface area contributed by atoms with Gasteiger partial charge in [0.15, 0.2) is 5.11 Å². The van der Waals surface area contributed by atoms with Crippen molar-refractivity contribution in [2.24, 2.45) is 0 Å². The Balaban J connectivity index is 2.27. The Labute approximate surface area is 125 Å². The molecule has 0 aromatic heterocycles. The van der Waals surface area contributed by atoms with Gasteiger partial charge in [-0.3, -0.25) is 9.69 Å². The first-order chi connectivity index (χ1) is 9.69. The summed E-state index contributed by atoms with van der Waals surface area (Å²) in [5.74, 6) is -0.0491. The number of thiocarbonyl (C=S) groups is 1. The average Bonchev–Trinajstić information content (AvgIpc) is 2.74. The van der Waals surface area contributed by atoms with Crippen LogP contribution in [-0.4, -0.2) is 11.0 Å². The Morgan fingerprint density at radius 3 is 2.75 bits per heavy atom. The van der Waals surface area contributed by atoms with Crippen LogP contribution in [0.15, 0.2) is 36.0 Å². The van der Waals surface area contributed by atoms with Crippen LogP contribution in [0.3, 0.4) is 0 Å². The molecule has 20 heavy (non-hydrogen) atoms. The number of nitrogens with one attached hydrogen (secondary N) is 1. The van der Waals surface area contributed by atoms with Gasteiger partial charge in [-0.25, -0.2) is 0 Å². The first kappa shape index (κ1) is 14.7. The van der Waals surface area contributed by atoms with Crippen LogP contribution in [0.4, 0.5) is 5.69 Å². The highest BCUT2D eigenvalue weighted by atomic mass is 32.1. The van der Waals surface area contributed by atoms with E-state index in [4.69, 9.17) is 12.2 Å². The third-order valence-electron chi connectivity index (χ3n) is 3.40. The first-order valence-corrected chi connectivity index (χ1v) is 7.53. The van der Waals surface area contributed by atoms with E-state index in [1.165, 1.54) is 0 Å². The molecule has 1 aliphatic rings. The molecule has 1 saturated heterocycles. The van der Waals surface area contributed by atoms with Crippen molar-refractivity contribution in [2.45, 2.75) is 39.5 Å². The number of carbonyl (C=O) groups is 1. The fraction of sp³-hybridized carbons (Fsp3) is 0.375. The van der Waals surface area contributed by atoms with Crippen molar-refractivity contribution >= 4 is 28.9 Å². The van der Waals surface area contributed by atoms with Gasteiger partial charge in [0.2, 0.25) is 0 Å². The molecule has 0 spiro atoms. The SMILES string of the molecule is CCCC/C=C1/NC(=S)N(c2ccccc2CC)C1=O. The standard InChI is InChI=1S/C16H20N2OS/c1-3-5-6-10-13-15(19)18(16(20)17-13)14-11-8-7-9-12(14)4-2/h7-11H,3-6H2,1-2H3,(H,17,20)/b13-10+. The molecule has 1 heterocycles. The fourth-order valence-electron chi connectivity index (χ4n) is 2.27. The Bertz CT molecular complexity index is 551. The van der Waals surface area contributed by atoms with Crippen molar-refractivity contribution in [3.8, 4) is 0 Å². The van der Waals surface area contributed by atoms with Crippen LogP contribution in [0.1, 0.15) is 38.7 Å². The quantitative estimate of drug-likeness (QED) is 0.511. The summed E-state index contributed by atoms with van der Waals surface area (Å²) in [6, 6.07) is 7.89. The van der Waals surface area contributed by atoms with Gasteiger partial charge >= 0.3 is 0 Å². The van der Waals surface area contributed by atoms with Crippen molar-refractivity contribution in [1.29, 1.82) is 0 Å². The summed E-state index contributed by atoms with van der Waals surface area (Å²) < 4.78 is 0. The molecule has 106 valence electrons. The number of allylic oxidation sites excluding steroid dienone is 1. The number of hydrogen-bond acceptors (Lipinski definition) is 2. The molecule has 0 unspecified atom stereocenters. The number of benzene rings is 1. The van der Waals surface area contributed by atoms with E-state index in [2.05, 4.69) is 19.2 Å². The lowest BCUT2D eigenvalue weighted by molar-refractivity contribution is -0.113. The molecular formula is C16H20N2OS. The molecule has 1 aliphatic heterocycles. The molecule has 3 nitrogen and oxygen atoms in total. The maximum absolute atomic E-state index is 12.5. The monoisotopic (exact) mass is 288 g/mol. The summed E-state index contributed by atoms with van der Waals surface area (Å²) in [5, 5.41) is 3.50. The predicted molar refractivity (Wildman–Crippen MR) is 86.6 cm³/mol. The van der Waals surface area contributed by atoms with E-state index >= 15 is 0 Å². The number of unbranched alkanes of at least 4 members (excludes halogenated alkanes) is 2. The number of hydrogen-bond donors (Lipinski definition) is 1. The molecular weight excluding hydrogens is 268 g/mol. The van der Waals surface area contributed by atoms with E-state index in [9.17, 15) is 4.79 Å². The molecule has 0 bridgehead atoms. The molecule has 1 aromatic carbocycles. The van der Waals surface area contributed by atoms with Crippen molar-refractivity contribution in [2.75, 3.05) is 4.90 Å². The zero-order chi connectivity index (χ0) is 14.5. The largest absolute Gasteiger partial charge is 0.328 e. The molecule has 0 aliphatic carbocycles. The van der Waals surface area contributed by atoms with Gasteiger partial charge in [-0.05, 0) is 43.1 Å². The summed E-state index contributed by atoms with van der Waals surface area (Å²) in [4.78, 5) is 14.1. The van der Waals surface area contributed by atoms with Crippen molar-refractivity contribution in [1.82, 2.24) is 5.32 Å².